The summed E-state index contributed by atoms with van der Waals surface area (Å²) in [6.45, 7) is 0. The zero-order valence-electron chi connectivity index (χ0n) is 15.2. The number of halogens is 1. The minimum absolute atomic E-state index is 0.240. The van der Waals surface area contributed by atoms with Gasteiger partial charge in [-0.05, 0) is 46.5 Å². The van der Waals surface area contributed by atoms with Gasteiger partial charge in [0.1, 0.15) is 11.6 Å². The summed E-state index contributed by atoms with van der Waals surface area (Å²) in [6, 6.07) is 24.6. The normalized spacial score (nSPS) is 12.0. The highest BCUT2D eigenvalue weighted by molar-refractivity contribution is 5.80. The van der Waals surface area contributed by atoms with Crippen molar-refractivity contribution in [3.05, 3.63) is 120 Å². The van der Waals surface area contributed by atoms with Crippen molar-refractivity contribution in [2.45, 2.75) is 0 Å². The summed E-state index contributed by atoms with van der Waals surface area (Å²) in [6.07, 6.45) is 10.0. The van der Waals surface area contributed by atoms with E-state index in [0.29, 0.717) is 0 Å². The molecule has 0 aromatic heterocycles. The number of allylic oxidation sites excluding steroid dienone is 4. The molecule has 0 N–H and O–H groups in total. The van der Waals surface area contributed by atoms with Gasteiger partial charge in [0, 0.05) is 0 Å². The molecule has 0 amide bonds. The fraction of sp³-hybridized carbons (Fsp3) is 0.0400. The van der Waals surface area contributed by atoms with Crippen LogP contribution in [0.4, 0.5) is 4.39 Å². The number of ether oxygens (including phenoxy) is 1. The molecular weight excluding hydrogens is 335 g/mol. The van der Waals surface area contributed by atoms with Crippen LogP contribution in [-0.2, 0) is 0 Å². The number of benzene rings is 3. The first kappa shape index (κ1) is 18.4. The predicted molar refractivity (Wildman–Crippen MR) is 112 cm³/mol. The van der Waals surface area contributed by atoms with E-state index in [-0.39, 0.29) is 5.82 Å². The van der Waals surface area contributed by atoms with Crippen LogP contribution in [-0.4, -0.2) is 7.11 Å². The van der Waals surface area contributed by atoms with Crippen molar-refractivity contribution in [3.63, 3.8) is 0 Å². The summed E-state index contributed by atoms with van der Waals surface area (Å²) in [5, 5.41) is 0. The summed E-state index contributed by atoms with van der Waals surface area (Å²) in [5.74, 6) is 0.572. The maximum atomic E-state index is 13.4. The van der Waals surface area contributed by atoms with Crippen LogP contribution < -0.4 is 4.74 Å². The third-order valence-electron chi connectivity index (χ3n) is 4.09. The van der Waals surface area contributed by atoms with Gasteiger partial charge in [-0.25, -0.2) is 4.39 Å². The average Bonchev–Trinajstić information content (AvgIpc) is 2.71. The van der Waals surface area contributed by atoms with Crippen molar-refractivity contribution >= 4 is 17.7 Å². The van der Waals surface area contributed by atoms with E-state index in [2.05, 4.69) is 18.2 Å². The monoisotopic (exact) mass is 356 g/mol. The van der Waals surface area contributed by atoms with E-state index in [4.69, 9.17) is 4.74 Å². The van der Waals surface area contributed by atoms with Crippen molar-refractivity contribution < 1.29 is 9.13 Å². The van der Waals surface area contributed by atoms with Gasteiger partial charge in [-0.15, -0.1) is 0 Å². The predicted octanol–water partition coefficient (Wildman–Crippen LogP) is 6.64. The van der Waals surface area contributed by atoms with Crippen LogP contribution in [0.1, 0.15) is 16.7 Å². The SMILES string of the molecule is COc1ccc(C(C=Cc2cccc(F)c2)=CC=Cc2ccccc2)cc1. The molecule has 0 spiro atoms. The number of hydrogen-bond acceptors (Lipinski definition) is 1. The molecule has 27 heavy (non-hydrogen) atoms. The van der Waals surface area contributed by atoms with Crippen molar-refractivity contribution in [3.8, 4) is 5.75 Å². The molecule has 3 aromatic carbocycles. The highest BCUT2D eigenvalue weighted by atomic mass is 19.1. The van der Waals surface area contributed by atoms with Crippen LogP contribution in [0.2, 0.25) is 0 Å². The first-order valence-corrected chi connectivity index (χ1v) is 8.76. The molecular formula is C25H21FO. The average molecular weight is 356 g/mol. The zero-order chi connectivity index (χ0) is 18.9. The molecule has 0 aliphatic heterocycles. The van der Waals surface area contributed by atoms with Gasteiger partial charge < -0.3 is 4.74 Å². The highest BCUT2D eigenvalue weighted by Crippen LogP contribution is 2.21. The fourth-order valence-corrected chi connectivity index (χ4v) is 2.65. The number of methoxy groups -OCH3 is 1. The lowest BCUT2D eigenvalue weighted by Gasteiger charge is -2.05. The standard InChI is InChI=1S/C25H21FO/c1-27-25-17-15-23(16-18-25)22(11-5-9-20-7-3-2-4-8-20)14-13-21-10-6-12-24(26)19-21/h2-19H,1H3. The van der Waals surface area contributed by atoms with E-state index in [1.165, 1.54) is 12.1 Å². The Morgan fingerprint density at radius 1 is 0.815 bits per heavy atom. The van der Waals surface area contributed by atoms with Crippen molar-refractivity contribution in [2.75, 3.05) is 7.11 Å². The summed E-state index contributed by atoms with van der Waals surface area (Å²) < 4.78 is 18.7. The topological polar surface area (TPSA) is 9.23 Å². The third-order valence-corrected chi connectivity index (χ3v) is 4.09. The molecule has 0 bridgehead atoms. The molecule has 0 aliphatic rings. The van der Waals surface area contributed by atoms with E-state index in [1.807, 2.05) is 72.8 Å². The van der Waals surface area contributed by atoms with Gasteiger partial charge in [0.15, 0.2) is 0 Å². The molecule has 134 valence electrons. The first-order chi connectivity index (χ1) is 13.2. The van der Waals surface area contributed by atoms with Crippen molar-refractivity contribution in [1.29, 1.82) is 0 Å². The van der Waals surface area contributed by atoms with E-state index < -0.39 is 0 Å². The molecule has 1 nitrogen and oxygen atoms in total. The van der Waals surface area contributed by atoms with Crippen LogP contribution in [0.3, 0.4) is 0 Å². The lowest BCUT2D eigenvalue weighted by atomic mass is 10.0. The van der Waals surface area contributed by atoms with Gasteiger partial charge in [-0.3, -0.25) is 0 Å². The molecule has 0 heterocycles. The summed E-state index contributed by atoms with van der Waals surface area (Å²) in [4.78, 5) is 0. The second kappa shape index (κ2) is 9.35. The Hall–Kier alpha value is -3.39. The van der Waals surface area contributed by atoms with Crippen molar-refractivity contribution in [1.82, 2.24) is 0 Å². The zero-order valence-corrected chi connectivity index (χ0v) is 15.2. The third kappa shape index (κ3) is 5.55. The maximum absolute atomic E-state index is 13.4. The molecule has 2 heteroatoms. The minimum Gasteiger partial charge on any atom is -0.497 e. The molecule has 0 saturated carbocycles. The molecule has 0 saturated heterocycles. The molecule has 0 radical (unpaired) electrons. The minimum atomic E-state index is -0.240. The molecule has 0 fully saturated rings. The largest absolute Gasteiger partial charge is 0.497 e. The lowest BCUT2D eigenvalue weighted by Crippen LogP contribution is -1.85. The van der Waals surface area contributed by atoms with E-state index in [9.17, 15) is 4.39 Å². The van der Waals surface area contributed by atoms with E-state index in [1.54, 1.807) is 13.2 Å². The van der Waals surface area contributed by atoms with E-state index in [0.717, 1.165) is 28.0 Å². The molecule has 0 unspecified atom stereocenters. The Labute approximate surface area is 159 Å². The second-order valence-corrected chi connectivity index (χ2v) is 6.01. The van der Waals surface area contributed by atoms with Gasteiger partial charge in [0.2, 0.25) is 0 Å². The molecule has 3 rings (SSSR count). The first-order valence-electron chi connectivity index (χ1n) is 8.76. The van der Waals surface area contributed by atoms with Crippen LogP contribution in [0, 0.1) is 5.82 Å². The van der Waals surface area contributed by atoms with Gasteiger partial charge >= 0.3 is 0 Å². The Morgan fingerprint density at radius 3 is 2.26 bits per heavy atom. The smallest absolute Gasteiger partial charge is 0.123 e. The van der Waals surface area contributed by atoms with Crippen molar-refractivity contribution in [2.24, 2.45) is 0 Å². The highest BCUT2D eigenvalue weighted by Gasteiger charge is 1.99. The Balaban J connectivity index is 1.89. The van der Waals surface area contributed by atoms with E-state index >= 15 is 0 Å². The molecule has 0 aliphatic carbocycles. The van der Waals surface area contributed by atoms with Crippen LogP contribution in [0.15, 0.2) is 97.1 Å². The number of rotatable bonds is 6. The van der Waals surface area contributed by atoms with Crippen LogP contribution >= 0.6 is 0 Å². The Bertz CT molecular complexity index is 951. The Morgan fingerprint density at radius 2 is 1.56 bits per heavy atom. The molecule has 3 aromatic rings. The number of hydrogen-bond donors (Lipinski definition) is 0. The quantitative estimate of drug-likeness (QED) is 0.450. The summed E-state index contributed by atoms with van der Waals surface area (Å²) in [5.41, 5.74) is 4.04. The van der Waals surface area contributed by atoms with Gasteiger partial charge in [0.25, 0.3) is 0 Å². The molecule has 0 atom stereocenters. The maximum Gasteiger partial charge on any atom is 0.123 e. The second-order valence-electron chi connectivity index (χ2n) is 6.01. The summed E-state index contributed by atoms with van der Waals surface area (Å²) >= 11 is 0. The fourth-order valence-electron chi connectivity index (χ4n) is 2.65. The summed E-state index contributed by atoms with van der Waals surface area (Å²) in [7, 11) is 1.65. The van der Waals surface area contributed by atoms with Crippen LogP contribution in [0.5, 0.6) is 5.75 Å². The Kier molecular flexibility index (Phi) is 6.37. The lowest BCUT2D eigenvalue weighted by molar-refractivity contribution is 0.415. The van der Waals surface area contributed by atoms with Gasteiger partial charge in [-0.2, -0.15) is 0 Å². The van der Waals surface area contributed by atoms with Gasteiger partial charge in [0.05, 0.1) is 7.11 Å². The van der Waals surface area contributed by atoms with Crippen LogP contribution in [0.25, 0.3) is 17.7 Å². The van der Waals surface area contributed by atoms with Gasteiger partial charge in [-0.1, -0.05) is 85.0 Å².